The van der Waals surface area contributed by atoms with Crippen molar-refractivity contribution in [3.05, 3.63) is 75.3 Å². The van der Waals surface area contributed by atoms with E-state index in [0.29, 0.717) is 10.0 Å². The highest BCUT2D eigenvalue weighted by Crippen LogP contribution is 2.36. The smallest absolute Gasteiger partial charge is 0.258 e. The van der Waals surface area contributed by atoms with E-state index in [0.717, 1.165) is 16.3 Å². The molecule has 0 atom stereocenters. The molecule has 0 radical (unpaired) electrons. The summed E-state index contributed by atoms with van der Waals surface area (Å²) < 4.78 is 0.702. The molecule has 0 amide bonds. The van der Waals surface area contributed by atoms with Crippen molar-refractivity contribution in [2.45, 2.75) is 0 Å². The van der Waals surface area contributed by atoms with E-state index >= 15 is 0 Å². The Morgan fingerprint density at radius 2 is 1.65 bits per heavy atom. The van der Waals surface area contributed by atoms with Crippen molar-refractivity contribution >= 4 is 32.4 Å². The zero-order valence-electron chi connectivity index (χ0n) is 10.4. The van der Waals surface area contributed by atoms with Crippen molar-refractivity contribution in [1.82, 2.24) is 0 Å². The van der Waals surface area contributed by atoms with Gasteiger partial charge in [-0.2, -0.15) is 0 Å². The fourth-order valence-corrected chi connectivity index (χ4v) is 2.69. The molecule has 0 aliphatic carbocycles. The number of halogens is 1. The van der Waals surface area contributed by atoms with Gasteiger partial charge in [0, 0.05) is 10.5 Å². The topological polar surface area (TPSA) is 43.1 Å². The van der Waals surface area contributed by atoms with E-state index in [2.05, 4.69) is 15.9 Å². The van der Waals surface area contributed by atoms with E-state index < -0.39 is 0 Å². The Hall–Kier alpha value is -2.20. The number of nitro benzene ring substituents is 1. The summed E-state index contributed by atoms with van der Waals surface area (Å²) in [5, 5.41) is 13.4. The van der Waals surface area contributed by atoms with Crippen LogP contribution >= 0.6 is 15.9 Å². The summed E-state index contributed by atoms with van der Waals surface area (Å²) in [6.45, 7) is 0. The zero-order chi connectivity index (χ0) is 14.1. The quantitative estimate of drug-likeness (QED) is 0.481. The first-order valence-electron chi connectivity index (χ1n) is 6.09. The highest BCUT2D eigenvalue weighted by atomic mass is 79.9. The maximum atomic E-state index is 11.3. The molecule has 0 N–H and O–H groups in total. The van der Waals surface area contributed by atoms with Crippen molar-refractivity contribution in [2.24, 2.45) is 0 Å². The lowest BCUT2D eigenvalue weighted by molar-refractivity contribution is -0.384. The second-order valence-corrected chi connectivity index (χ2v) is 5.36. The summed E-state index contributed by atoms with van der Waals surface area (Å²) in [6, 6.07) is 18.9. The van der Waals surface area contributed by atoms with Crippen LogP contribution in [0, 0.1) is 10.1 Å². The Balaban J connectivity index is 2.34. The molecule has 3 aromatic carbocycles. The molecule has 4 heteroatoms. The van der Waals surface area contributed by atoms with E-state index in [1.165, 1.54) is 6.07 Å². The summed E-state index contributed by atoms with van der Waals surface area (Å²) in [5.41, 5.74) is 1.62. The van der Waals surface area contributed by atoms with Gasteiger partial charge in [-0.15, -0.1) is 0 Å². The Labute approximate surface area is 124 Å². The molecule has 3 aromatic rings. The van der Waals surface area contributed by atoms with Crippen LogP contribution in [0.25, 0.3) is 21.9 Å². The summed E-state index contributed by atoms with van der Waals surface area (Å²) in [5.74, 6) is 0. The standard InChI is InChI=1S/C16H10BrNO2/c17-12-8-9-15(16(10-12)18(19)20)14-7-3-5-11-4-1-2-6-13(11)14/h1-10H. The monoisotopic (exact) mass is 327 g/mol. The lowest BCUT2D eigenvalue weighted by Crippen LogP contribution is -1.92. The lowest BCUT2D eigenvalue weighted by atomic mass is 9.97. The minimum absolute atomic E-state index is 0.107. The van der Waals surface area contributed by atoms with Gasteiger partial charge in [0.15, 0.2) is 0 Å². The maximum absolute atomic E-state index is 11.3. The number of hydrogen-bond acceptors (Lipinski definition) is 2. The second kappa shape index (κ2) is 5.06. The van der Waals surface area contributed by atoms with Gasteiger partial charge in [-0.05, 0) is 28.5 Å². The van der Waals surface area contributed by atoms with E-state index in [1.54, 1.807) is 6.07 Å². The van der Waals surface area contributed by atoms with Crippen LogP contribution in [0.15, 0.2) is 65.1 Å². The Kier molecular flexibility index (Phi) is 3.24. The van der Waals surface area contributed by atoms with Crippen LogP contribution < -0.4 is 0 Å². The first kappa shape index (κ1) is 12.8. The van der Waals surface area contributed by atoms with Crippen LogP contribution in [0.3, 0.4) is 0 Å². The van der Waals surface area contributed by atoms with Crippen molar-refractivity contribution < 1.29 is 4.92 Å². The average molecular weight is 328 g/mol. The van der Waals surface area contributed by atoms with Crippen LogP contribution in [0.1, 0.15) is 0 Å². The SMILES string of the molecule is O=[N+]([O-])c1cc(Br)ccc1-c1cccc2ccccc12. The summed E-state index contributed by atoms with van der Waals surface area (Å²) in [6.07, 6.45) is 0. The minimum atomic E-state index is -0.345. The van der Waals surface area contributed by atoms with Crippen LogP contribution in [0.4, 0.5) is 5.69 Å². The Morgan fingerprint density at radius 1 is 0.900 bits per heavy atom. The number of hydrogen-bond donors (Lipinski definition) is 0. The fourth-order valence-electron chi connectivity index (χ4n) is 2.34. The molecule has 0 aliphatic rings. The van der Waals surface area contributed by atoms with Crippen molar-refractivity contribution in [1.29, 1.82) is 0 Å². The van der Waals surface area contributed by atoms with Gasteiger partial charge in [0.1, 0.15) is 0 Å². The van der Waals surface area contributed by atoms with Crippen LogP contribution in [-0.4, -0.2) is 4.92 Å². The zero-order valence-corrected chi connectivity index (χ0v) is 12.0. The molecule has 98 valence electrons. The van der Waals surface area contributed by atoms with Gasteiger partial charge in [-0.1, -0.05) is 58.4 Å². The van der Waals surface area contributed by atoms with Gasteiger partial charge in [0.2, 0.25) is 0 Å². The Morgan fingerprint density at radius 3 is 2.45 bits per heavy atom. The summed E-state index contributed by atoms with van der Waals surface area (Å²) in [7, 11) is 0. The molecule has 0 saturated carbocycles. The minimum Gasteiger partial charge on any atom is -0.258 e. The molecule has 20 heavy (non-hydrogen) atoms. The molecule has 0 aliphatic heterocycles. The van der Waals surface area contributed by atoms with Gasteiger partial charge in [0.05, 0.1) is 10.5 Å². The van der Waals surface area contributed by atoms with Crippen LogP contribution in [0.5, 0.6) is 0 Å². The number of fused-ring (bicyclic) bond motifs is 1. The van der Waals surface area contributed by atoms with Crippen molar-refractivity contribution in [3.8, 4) is 11.1 Å². The molecule has 0 heterocycles. The third-order valence-corrected chi connectivity index (χ3v) is 3.73. The number of nitro groups is 1. The molecule has 0 unspecified atom stereocenters. The normalized spacial score (nSPS) is 10.7. The Bertz CT molecular complexity index is 809. The lowest BCUT2D eigenvalue weighted by Gasteiger charge is -2.08. The third kappa shape index (κ3) is 2.18. The molecule has 3 nitrogen and oxygen atoms in total. The fraction of sp³-hybridized carbons (Fsp3) is 0. The third-order valence-electron chi connectivity index (χ3n) is 3.24. The van der Waals surface area contributed by atoms with Gasteiger partial charge in [0.25, 0.3) is 5.69 Å². The highest BCUT2D eigenvalue weighted by molar-refractivity contribution is 9.10. The molecule has 0 spiro atoms. The second-order valence-electron chi connectivity index (χ2n) is 4.45. The first-order valence-corrected chi connectivity index (χ1v) is 6.88. The van der Waals surface area contributed by atoms with Crippen molar-refractivity contribution in [3.63, 3.8) is 0 Å². The molecule has 0 saturated heterocycles. The van der Waals surface area contributed by atoms with Gasteiger partial charge in [-0.3, -0.25) is 10.1 Å². The van der Waals surface area contributed by atoms with Gasteiger partial charge in [-0.25, -0.2) is 0 Å². The number of rotatable bonds is 2. The summed E-state index contributed by atoms with van der Waals surface area (Å²) >= 11 is 3.28. The van der Waals surface area contributed by atoms with Crippen molar-refractivity contribution in [2.75, 3.05) is 0 Å². The average Bonchev–Trinajstić information content (AvgIpc) is 2.46. The number of nitrogens with zero attached hydrogens (tertiary/aromatic N) is 1. The predicted molar refractivity (Wildman–Crippen MR) is 83.7 cm³/mol. The van der Waals surface area contributed by atoms with Crippen LogP contribution in [0.2, 0.25) is 0 Å². The van der Waals surface area contributed by atoms with Gasteiger partial charge >= 0.3 is 0 Å². The van der Waals surface area contributed by atoms with E-state index in [9.17, 15) is 10.1 Å². The molecule has 3 rings (SSSR count). The molecule has 0 fully saturated rings. The van der Waals surface area contributed by atoms with E-state index in [4.69, 9.17) is 0 Å². The number of benzene rings is 3. The highest BCUT2D eigenvalue weighted by Gasteiger charge is 2.17. The van der Waals surface area contributed by atoms with E-state index in [1.807, 2.05) is 48.5 Å². The maximum Gasteiger partial charge on any atom is 0.278 e. The first-order chi connectivity index (χ1) is 9.66. The van der Waals surface area contributed by atoms with Gasteiger partial charge < -0.3 is 0 Å². The van der Waals surface area contributed by atoms with E-state index in [-0.39, 0.29) is 10.6 Å². The van der Waals surface area contributed by atoms with Crippen LogP contribution in [-0.2, 0) is 0 Å². The molecule has 0 bridgehead atoms. The summed E-state index contributed by atoms with van der Waals surface area (Å²) in [4.78, 5) is 10.9. The molecular weight excluding hydrogens is 318 g/mol. The largest absolute Gasteiger partial charge is 0.278 e. The molecular formula is C16H10BrNO2. The molecule has 0 aromatic heterocycles. The predicted octanol–water partition coefficient (Wildman–Crippen LogP) is 5.18.